The maximum Gasteiger partial charge on any atom is 0.257 e. The number of amides is 1. The van der Waals surface area contributed by atoms with E-state index >= 15 is 0 Å². The third-order valence-corrected chi connectivity index (χ3v) is 6.84. The van der Waals surface area contributed by atoms with Crippen molar-refractivity contribution in [2.45, 2.75) is 37.8 Å². The SMILES string of the molecule is CC[C@@H]1C[C@H]1C(=O)N=S(C)(=O)c1cnn2c1CN(c1ncc(F)cn1)CC2. The summed E-state index contributed by atoms with van der Waals surface area (Å²) in [5.74, 6) is -0.103. The molecule has 0 radical (unpaired) electrons. The highest BCUT2D eigenvalue weighted by Gasteiger charge is 2.42. The van der Waals surface area contributed by atoms with Gasteiger partial charge in [0.25, 0.3) is 5.91 Å². The molecule has 2 aliphatic rings. The van der Waals surface area contributed by atoms with E-state index in [2.05, 4.69) is 19.4 Å². The Hall–Kier alpha value is -2.36. The molecule has 0 N–H and O–H groups in total. The lowest BCUT2D eigenvalue weighted by Crippen LogP contribution is -2.35. The number of anilines is 1. The van der Waals surface area contributed by atoms with Gasteiger partial charge in [0.15, 0.2) is 5.82 Å². The van der Waals surface area contributed by atoms with Crippen LogP contribution in [-0.4, -0.2) is 42.7 Å². The van der Waals surface area contributed by atoms with E-state index in [9.17, 15) is 13.4 Å². The zero-order chi connectivity index (χ0) is 19.2. The third kappa shape index (κ3) is 3.45. The molecule has 3 atom stereocenters. The van der Waals surface area contributed by atoms with E-state index in [-0.39, 0.29) is 11.8 Å². The minimum absolute atomic E-state index is 0.0914. The van der Waals surface area contributed by atoms with Crippen LogP contribution < -0.4 is 4.90 Å². The lowest BCUT2D eigenvalue weighted by Gasteiger charge is -2.28. The zero-order valence-electron chi connectivity index (χ0n) is 15.2. The molecular formula is C17H21FN6O2S. The lowest BCUT2D eigenvalue weighted by atomic mass is 10.2. The molecule has 144 valence electrons. The van der Waals surface area contributed by atoms with Gasteiger partial charge in [-0.15, -0.1) is 0 Å². The molecule has 0 bridgehead atoms. The van der Waals surface area contributed by atoms with Crippen LogP contribution in [0.3, 0.4) is 0 Å². The number of nitrogens with zero attached hydrogens (tertiary/aromatic N) is 6. The highest BCUT2D eigenvalue weighted by Crippen LogP contribution is 2.42. The Bertz CT molecular complexity index is 995. The van der Waals surface area contributed by atoms with Crippen molar-refractivity contribution in [3.8, 4) is 0 Å². The van der Waals surface area contributed by atoms with E-state index in [0.29, 0.717) is 36.4 Å². The largest absolute Gasteiger partial charge is 0.333 e. The van der Waals surface area contributed by atoms with Crippen LogP contribution >= 0.6 is 0 Å². The summed E-state index contributed by atoms with van der Waals surface area (Å²) in [6, 6.07) is 0. The third-order valence-electron chi connectivity index (χ3n) is 5.16. The van der Waals surface area contributed by atoms with Gasteiger partial charge in [-0.1, -0.05) is 13.3 Å². The Labute approximate surface area is 157 Å². The molecule has 27 heavy (non-hydrogen) atoms. The van der Waals surface area contributed by atoms with Crippen molar-refractivity contribution >= 4 is 21.6 Å². The monoisotopic (exact) mass is 392 g/mol. The van der Waals surface area contributed by atoms with Gasteiger partial charge >= 0.3 is 0 Å². The number of fused-ring (bicyclic) bond motifs is 1. The van der Waals surface area contributed by atoms with Crippen molar-refractivity contribution in [3.05, 3.63) is 30.1 Å². The summed E-state index contributed by atoms with van der Waals surface area (Å²) in [6.45, 7) is 3.57. The quantitative estimate of drug-likeness (QED) is 0.788. The fraction of sp³-hybridized carbons (Fsp3) is 0.529. The molecule has 1 amide bonds. The lowest BCUT2D eigenvalue weighted by molar-refractivity contribution is -0.119. The van der Waals surface area contributed by atoms with E-state index in [1.165, 1.54) is 12.5 Å². The summed E-state index contributed by atoms with van der Waals surface area (Å²) in [6.07, 6.45) is 7.02. The molecule has 8 nitrogen and oxygen atoms in total. The first kappa shape index (κ1) is 18.0. The molecule has 1 saturated carbocycles. The molecule has 4 rings (SSSR count). The first-order chi connectivity index (χ1) is 12.9. The van der Waals surface area contributed by atoms with E-state index in [4.69, 9.17) is 0 Å². The molecule has 0 saturated heterocycles. The molecule has 1 aliphatic heterocycles. The predicted octanol–water partition coefficient (Wildman–Crippen LogP) is 1.86. The van der Waals surface area contributed by atoms with Gasteiger partial charge in [-0.05, 0) is 12.3 Å². The summed E-state index contributed by atoms with van der Waals surface area (Å²) in [5, 5.41) is 4.30. The first-order valence-electron chi connectivity index (χ1n) is 8.92. The van der Waals surface area contributed by atoms with Gasteiger partial charge in [-0.2, -0.15) is 9.46 Å². The Balaban J connectivity index is 1.61. The van der Waals surface area contributed by atoms with Crippen LogP contribution in [0.15, 0.2) is 27.8 Å². The normalized spacial score (nSPS) is 23.4. The van der Waals surface area contributed by atoms with Crippen LogP contribution in [0, 0.1) is 17.7 Å². The van der Waals surface area contributed by atoms with E-state index in [1.807, 2.05) is 11.8 Å². The maximum atomic E-state index is 13.2. The van der Waals surface area contributed by atoms with E-state index < -0.39 is 15.5 Å². The minimum atomic E-state index is -2.89. The number of aromatic nitrogens is 4. The Morgan fingerprint density at radius 3 is 2.74 bits per heavy atom. The Morgan fingerprint density at radius 2 is 2.07 bits per heavy atom. The summed E-state index contributed by atoms with van der Waals surface area (Å²) in [5.41, 5.74) is 0.723. The number of hydrogen-bond donors (Lipinski definition) is 0. The number of halogens is 1. The molecule has 1 aliphatic carbocycles. The second-order valence-electron chi connectivity index (χ2n) is 7.04. The topological polar surface area (TPSA) is 93.3 Å². The van der Waals surface area contributed by atoms with Gasteiger partial charge in [-0.25, -0.2) is 18.6 Å². The number of rotatable bonds is 4. The van der Waals surface area contributed by atoms with Gasteiger partial charge < -0.3 is 4.90 Å². The van der Waals surface area contributed by atoms with Gasteiger partial charge in [0.05, 0.1) is 52.0 Å². The molecule has 1 fully saturated rings. The molecule has 1 unspecified atom stereocenters. The van der Waals surface area contributed by atoms with Crippen molar-refractivity contribution in [2.75, 3.05) is 17.7 Å². The molecule has 3 heterocycles. The maximum absolute atomic E-state index is 13.2. The van der Waals surface area contributed by atoms with Crippen molar-refractivity contribution in [1.82, 2.24) is 19.7 Å². The first-order valence-corrected chi connectivity index (χ1v) is 10.8. The molecular weight excluding hydrogens is 371 g/mol. The van der Waals surface area contributed by atoms with Crippen LogP contribution in [0.25, 0.3) is 0 Å². The second kappa shape index (κ2) is 6.66. The highest BCUT2D eigenvalue weighted by molar-refractivity contribution is 7.93. The molecule has 2 aromatic rings. The highest BCUT2D eigenvalue weighted by atomic mass is 32.2. The van der Waals surface area contributed by atoms with Gasteiger partial charge in [0.2, 0.25) is 5.95 Å². The predicted molar refractivity (Wildman–Crippen MR) is 96.9 cm³/mol. The van der Waals surface area contributed by atoms with Crippen molar-refractivity contribution < 1.29 is 13.4 Å². The fourth-order valence-corrected chi connectivity index (χ4v) is 4.89. The summed E-state index contributed by atoms with van der Waals surface area (Å²) < 4.78 is 32.1. The molecule has 2 aromatic heterocycles. The standard InChI is InChI=1S/C17H21FN6O2S/c1-3-11-6-13(11)16(25)22-27(2,26)15-9-21-24-5-4-23(10-14(15)24)17-19-7-12(18)8-20-17/h7-9,11,13H,3-6,10H2,1-2H3/t11-,13-,27?/m1/s1. The summed E-state index contributed by atoms with van der Waals surface area (Å²) in [7, 11) is -2.89. The zero-order valence-corrected chi connectivity index (χ0v) is 16.0. The minimum Gasteiger partial charge on any atom is -0.333 e. The number of carbonyl (C=O) groups is 1. The number of carbonyl (C=O) groups excluding carboxylic acids is 1. The number of hydrogen-bond acceptors (Lipinski definition) is 6. The van der Waals surface area contributed by atoms with Crippen LogP contribution in [0.5, 0.6) is 0 Å². The van der Waals surface area contributed by atoms with E-state index in [1.54, 1.807) is 4.68 Å². The van der Waals surface area contributed by atoms with Gasteiger partial charge in [0, 0.05) is 18.7 Å². The van der Waals surface area contributed by atoms with Gasteiger partial charge in [-0.3, -0.25) is 9.48 Å². The van der Waals surface area contributed by atoms with Crippen LogP contribution in [0.2, 0.25) is 0 Å². The molecule has 0 aromatic carbocycles. The molecule has 0 spiro atoms. The summed E-state index contributed by atoms with van der Waals surface area (Å²) in [4.78, 5) is 22.7. The Morgan fingerprint density at radius 1 is 1.33 bits per heavy atom. The second-order valence-corrected chi connectivity index (χ2v) is 9.27. The summed E-state index contributed by atoms with van der Waals surface area (Å²) >= 11 is 0. The van der Waals surface area contributed by atoms with Crippen molar-refractivity contribution in [3.63, 3.8) is 0 Å². The molecule has 10 heteroatoms. The van der Waals surface area contributed by atoms with Crippen LogP contribution in [-0.2, 0) is 27.6 Å². The van der Waals surface area contributed by atoms with Crippen molar-refractivity contribution in [2.24, 2.45) is 16.2 Å². The average Bonchev–Trinajstić information content (AvgIpc) is 3.32. The Kier molecular flexibility index (Phi) is 4.45. The smallest absolute Gasteiger partial charge is 0.257 e. The van der Waals surface area contributed by atoms with Crippen LogP contribution in [0.4, 0.5) is 10.3 Å². The van der Waals surface area contributed by atoms with Crippen molar-refractivity contribution in [1.29, 1.82) is 0 Å². The van der Waals surface area contributed by atoms with Gasteiger partial charge in [0.1, 0.15) is 0 Å². The van der Waals surface area contributed by atoms with E-state index in [0.717, 1.165) is 30.9 Å². The fourth-order valence-electron chi connectivity index (χ4n) is 3.47. The van der Waals surface area contributed by atoms with Crippen LogP contribution in [0.1, 0.15) is 25.5 Å². The average molecular weight is 392 g/mol.